The minimum atomic E-state index is -0.250. The molecule has 1 fully saturated rings. The molecule has 1 heterocycles. The number of hydrogen-bond donors (Lipinski definition) is 1. The van der Waals surface area contributed by atoms with Crippen molar-refractivity contribution in [2.24, 2.45) is 11.7 Å². The topological polar surface area (TPSA) is 55.6 Å². The Bertz CT molecular complexity index is 434. The normalized spacial score (nSPS) is 20.2. The van der Waals surface area contributed by atoms with Gasteiger partial charge in [-0.15, -0.1) is 0 Å². The van der Waals surface area contributed by atoms with Gasteiger partial charge in [0.15, 0.2) is 0 Å². The number of rotatable bonds is 5. The summed E-state index contributed by atoms with van der Waals surface area (Å²) < 4.78 is 5.89. The Balaban J connectivity index is 1.82. The molecule has 1 aromatic rings. The Morgan fingerprint density at radius 3 is 3.00 bits per heavy atom. The molecule has 1 aliphatic heterocycles. The van der Waals surface area contributed by atoms with Gasteiger partial charge >= 0.3 is 0 Å². The maximum Gasteiger partial charge on any atom is 0.231 e. The molecule has 0 saturated carbocycles. The number of carbonyl (C=O) groups is 1. The van der Waals surface area contributed by atoms with Gasteiger partial charge in [0.05, 0.1) is 13.2 Å². The lowest BCUT2D eigenvalue weighted by Gasteiger charge is -2.31. The molecule has 0 spiro atoms. The third-order valence-corrected chi connectivity index (χ3v) is 3.55. The molecule has 104 valence electrons. The fourth-order valence-electron chi connectivity index (χ4n) is 2.58. The monoisotopic (exact) mass is 262 g/mol. The van der Waals surface area contributed by atoms with Crippen LogP contribution in [0.2, 0.25) is 0 Å². The summed E-state index contributed by atoms with van der Waals surface area (Å²) in [6.07, 6.45) is 2.26. The molecule has 1 atom stereocenters. The predicted molar refractivity (Wildman–Crippen MR) is 75.0 cm³/mol. The molecule has 0 aromatic heterocycles. The van der Waals surface area contributed by atoms with Crippen molar-refractivity contribution in [2.75, 3.05) is 26.2 Å². The molecule has 1 aromatic carbocycles. The van der Waals surface area contributed by atoms with Crippen LogP contribution in [0.3, 0.4) is 0 Å². The summed E-state index contributed by atoms with van der Waals surface area (Å²) in [5.41, 5.74) is 6.40. The van der Waals surface area contributed by atoms with Crippen LogP contribution in [-0.4, -0.2) is 37.0 Å². The lowest BCUT2D eigenvalue weighted by molar-refractivity contribution is -0.119. The van der Waals surface area contributed by atoms with Crippen LogP contribution in [0.5, 0.6) is 5.75 Å². The zero-order valence-electron chi connectivity index (χ0n) is 11.5. The van der Waals surface area contributed by atoms with Crippen molar-refractivity contribution in [1.82, 2.24) is 4.90 Å². The van der Waals surface area contributed by atoms with E-state index in [1.54, 1.807) is 0 Å². The van der Waals surface area contributed by atoms with E-state index < -0.39 is 0 Å². The Morgan fingerprint density at radius 2 is 2.26 bits per heavy atom. The Labute approximate surface area is 114 Å². The standard InChI is InChI=1S/C15H22N2O2/c1-12-5-2-3-7-14(12)19-11-13-6-4-8-17(9-13)10-15(16)18/h2-3,5,7,13H,4,6,8-11H2,1H3,(H2,16,18)/t13-/m0/s1. The molecule has 2 rings (SSSR count). The van der Waals surface area contributed by atoms with E-state index in [1.165, 1.54) is 0 Å². The number of benzene rings is 1. The van der Waals surface area contributed by atoms with E-state index in [1.807, 2.05) is 18.2 Å². The van der Waals surface area contributed by atoms with Gasteiger partial charge in [-0.25, -0.2) is 0 Å². The van der Waals surface area contributed by atoms with Gasteiger partial charge in [0.1, 0.15) is 5.75 Å². The van der Waals surface area contributed by atoms with Crippen LogP contribution in [0.4, 0.5) is 0 Å². The highest BCUT2D eigenvalue weighted by Crippen LogP contribution is 2.20. The van der Waals surface area contributed by atoms with Crippen LogP contribution < -0.4 is 10.5 Å². The van der Waals surface area contributed by atoms with Crippen LogP contribution in [-0.2, 0) is 4.79 Å². The van der Waals surface area contributed by atoms with Gasteiger partial charge in [-0.2, -0.15) is 0 Å². The Morgan fingerprint density at radius 1 is 1.47 bits per heavy atom. The second-order valence-electron chi connectivity index (χ2n) is 5.29. The highest BCUT2D eigenvalue weighted by atomic mass is 16.5. The van der Waals surface area contributed by atoms with Crippen molar-refractivity contribution in [3.8, 4) is 5.75 Å². The Kier molecular flexibility index (Phi) is 4.80. The highest BCUT2D eigenvalue weighted by molar-refractivity contribution is 5.75. The van der Waals surface area contributed by atoms with E-state index >= 15 is 0 Å². The third-order valence-electron chi connectivity index (χ3n) is 3.55. The van der Waals surface area contributed by atoms with Gasteiger partial charge in [-0.05, 0) is 37.9 Å². The number of nitrogens with zero attached hydrogens (tertiary/aromatic N) is 1. The number of primary amides is 1. The fraction of sp³-hybridized carbons (Fsp3) is 0.533. The molecule has 2 N–H and O–H groups in total. The third kappa shape index (κ3) is 4.24. The zero-order chi connectivity index (χ0) is 13.7. The minimum absolute atomic E-state index is 0.250. The largest absolute Gasteiger partial charge is 0.493 e. The molecule has 4 heteroatoms. The van der Waals surface area contributed by atoms with Crippen molar-refractivity contribution in [2.45, 2.75) is 19.8 Å². The second kappa shape index (κ2) is 6.57. The SMILES string of the molecule is Cc1ccccc1OC[C@H]1CCCN(CC(N)=O)C1. The minimum Gasteiger partial charge on any atom is -0.493 e. The number of hydrogen-bond acceptors (Lipinski definition) is 3. The van der Waals surface area contributed by atoms with Gasteiger partial charge in [0, 0.05) is 12.5 Å². The summed E-state index contributed by atoms with van der Waals surface area (Å²) >= 11 is 0. The molecule has 19 heavy (non-hydrogen) atoms. The smallest absolute Gasteiger partial charge is 0.231 e. The van der Waals surface area contributed by atoms with E-state index in [-0.39, 0.29) is 5.91 Å². The summed E-state index contributed by atoms with van der Waals surface area (Å²) in [7, 11) is 0. The van der Waals surface area contributed by atoms with Crippen LogP contribution >= 0.6 is 0 Å². The van der Waals surface area contributed by atoms with Gasteiger partial charge in [0.2, 0.25) is 5.91 Å². The number of para-hydroxylation sites is 1. The zero-order valence-corrected chi connectivity index (χ0v) is 11.5. The van der Waals surface area contributed by atoms with Crippen molar-refractivity contribution in [1.29, 1.82) is 0 Å². The van der Waals surface area contributed by atoms with Crippen molar-refractivity contribution < 1.29 is 9.53 Å². The predicted octanol–water partition coefficient (Wildman–Crippen LogP) is 1.57. The number of aryl methyl sites for hydroxylation is 1. The maximum atomic E-state index is 10.9. The molecule has 4 nitrogen and oxygen atoms in total. The summed E-state index contributed by atoms with van der Waals surface area (Å²) in [5.74, 6) is 1.18. The van der Waals surface area contributed by atoms with Gasteiger partial charge < -0.3 is 10.5 Å². The summed E-state index contributed by atoms with van der Waals surface area (Å²) in [6, 6.07) is 8.05. The van der Waals surface area contributed by atoms with Gasteiger partial charge in [0.25, 0.3) is 0 Å². The molecule has 1 saturated heterocycles. The fourth-order valence-corrected chi connectivity index (χ4v) is 2.58. The number of ether oxygens (including phenoxy) is 1. The van der Waals surface area contributed by atoms with E-state index in [0.29, 0.717) is 19.1 Å². The number of piperidine rings is 1. The average Bonchev–Trinajstić information content (AvgIpc) is 2.37. The molecule has 0 unspecified atom stereocenters. The number of carbonyl (C=O) groups excluding carboxylic acids is 1. The summed E-state index contributed by atoms with van der Waals surface area (Å²) in [6.45, 7) is 4.98. The molecular weight excluding hydrogens is 240 g/mol. The molecule has 0 aliphatic carbocycles. The van der Waals surface area contributed by atoms with Gasteiger partial charge in [-0.1, -0.05) is 18.2 Å². The lowest BCUT2D eigenvalue weighted by atomic mass is 9.99. The summed E-state index contributed by atoms with van der Waals surface area (Å²) in [4.78, 5) is 13.1. The molecule has 1 amide bonds. The van der Waals surface area contributed by atoms with E-state index in [9.17, 15) is 4.79 Å². The first-order valence-electron chi connectivity index (χ1n) is 6.84. The van der Waals surface area contributed by atoms with E-state index in [0.717, 1.165) is 37.2 Å². The van der Waals surface area contributed by atoms with Crippen LogP contribution in [0.25, 0.3) is 0 Å². The first-order valence-corrected chi connectivity index (χ1v) is 6.84. The van der Waals surface area contributed by atoms with Crippen LogP contribution in [0, 0.1) is 12.8 Å². The Hall–Kier alpha value is -1.55. The van der Waals surface area contributed by atoms with Crippen molar-refractivity contribution in [3.05, 3.63) is 29.8 Å². The lowest BCUT2D eigenvalue weighted by Crippen LogP contribution is -2.42. The molecule has 0 radical (unpaired) electrons. The highest BCUT2D eigenvalue weighted by Gasteiger charge is 2.21. The molecule has 1 aliphatic rings. The van der Waals surface area contributed by atoms with E-state index in [2.05, 4.69) is 17.9 Å². The molecule has 0 bridgehead atoms. The molecular formula is C15H22N2O2. The van der Waals surface area contributed by atoms with Crippen molar-refractivity contribution >= 4 is 5.91 Å². The number of nitrogens with two attached hydrogens (primary N) is 1. The summed E-state index contributed by atoms with van der Waals surface area (Å²) in [5, 5.41) is 0. The quantitative estimate of drug-likeness (QED) is 0.876. The number of amides is 1. The second-order valence-corrected chi connectivity index (χ2v) is 5.29. The van der Waals surface area contributed by atoms with Gasteiger partial charge in [-0.3, -0.25) is 9.69 Å². The average molecular weight is 262 g/mol. The maximum absolute atomic E-state index is 10.9. The van der Waals surface area contributed by atoms with Crippen molar-refractivity contribution in [3.63, 3.8) is 0 Å². The van der Waals surface area contributed by atoms with Crippen LogP contribution in [0.1, 0.15) is 18.4 Å². The first kappa shape index (κ1) is 13.9. The van der Waals surface area contributed by atoms with Crippen LogP contribution in [0.15, 0.2) is 24.3 Å². The number of likely N-dealkylation sites (tertiary alicyclic amines) is 1. The van der Waals surface area contributed by atoms with E-state index in [4.69, 9.17) is 10.5 Å². The first-order chi connectivity index (χ1) is 9.15.